The topological polar surface area (TPSA) is 29.5 Å². The Labute approximate surface area is 85.6 Å². The van der Waals surface area contributed by atoms with Gasteiger partial charge in [-0.1, -0.05) is 26.5 Å². The molecule has 0 amide bonds. The minimum atomic E-state index is -0.599. The summed E-state index contributed by atoms with van der Waals surface area (Å²) in [5.41, 5.74) is 0.838. The quantitative estimate of drug-likeness (QED) is 0.696. The Morgan fingerprint density at radius 1 is 1.50 bits per heavy atom. The van der Waals surface area contributed by atoms with Crippen LogP contribution in [0.3, 0.4) is 0 Å². The maximum atomic E-state index is 9.88. The molecule has 1 aliphatic heterocycles. The average Bonchev–Trinajstić information content (AvgIpc) is 2.17. The number of hydrogen-bond donors (Lipinski definition) is 1. The first-order chi connectivity index (χ1) is 6.61. The number of aliphatic hydroxyl groups excluding tert-OH is 1. The Morgan fingerprint density at radius 3 is 2.71 bits per heavy atom. The van der Waals surface area contributed by atoms with E-state index < -0.39 is 6.10 Å². The van der Waals surface area contributed by atoms with Crippen LogP contribution in [0.25, 0.3) is 0 Å². The predicted octanol–water partition coefficient (Wildman–Crippen LogP) is 2.42. The number of allylic oxidation sites excluding steroid dienone is 2. The van der Waals surface area contributed by atoms with Crippen molar-refractivity contribution in [1.29, 1.82) is 0 Å². The molecule has 0 bridgehead atoms. The fourth-order valence-electron chi connectivity index (χ4n) is 1.46. The molecule has 0 aliphatic carbocycles. The summed E-state index contributed by atoms with van der Waals surface area (Å²) in [5.74, 6) is 0.514. The lowest BCUT2D eigenvalue weighted by atomic mass is 9.96. The third-order valence-electron chi connectivity index (χ3n) is 2.13. The van der Waals surface area contributed by atoms with Crippen LogP contribution < -0.4 is 0 Å². The van der Waals surface area contributed by atoms with Gasteiger partial charge in [0.25, 0.3) is 0 Å². The van der Waals surface area contributed by atoms with Gasteiger partial charge < -0.3 is 9.84 Å². The minimum absolute atomic E-state index is 0.272. The van der Waals surface area contributed by atoms with Crippen molar-refractivity contribution in [3.8, 4) is 0 Å². The molecular weight excluding hydrogens is 176 g/mol. The first kappa shape index (κ1) is 11.1. The molecule has 0 radical (unpaired) electrons. The fraction of sp³-hybridized carbons (Fsp3) is 0.500. The number of ether oxygens (including phenoxy) is 1. The van der Waals surface area contributed by atoms with Crippen LogP contribution in [0.1, 0.15) is 20.3 Å². The second-order valence-corrected chi connectivity index (χ2v) is 4.02. The molecule has 2 nitrogen and oxygen atoms in total. The zero-order valence-electron chi connectivity index (χ0n) is 8.81. The summed E-state index contributed by atoms with van der Waals surface area (Å²) in [6.07, 6.45) is 7.07. The largest absolute Gasteiger partial charge is 0.491 e. The molecule has 0 fully saturated rings. The lowest BCUT2D eigenvalue weighted by Gasteiger charge is -2.23. The van der Waals surface area contributed by atoms with Crippen molar-refractivity contribution in [2.75, 3.05) is 0 Å². The van der Waals surface area contributed by atoms with E-state index in [4.69, 9.17) is 4.74 Å². The molecule has 0 saturated carbocycles. The van der Waals surface area contributed by atoms with E-state index in [1.54, 1.807) is 12.3 Å². The highest BCUT2D eigenvalue weighted by Crippen LogP contribution is 2.18. The van der Waals surface area contributed by atoms with Gasteiger partial charge in [-0.3, -0.25) is 0 Å². The van der Waals surface area contributed by atoms with Crippen LogP contribution in [0, 0.1) is 5.92 Å². The lowest BCUT2D eigenvalue weighted by molar-refractivity contribution is 0.0555. The molecule has 2 heteroatoms. The standard InChI is InChI=1S/C12H18O2/c1-9(2)8-10(3)12(13)11-6-4-5-7-14-11/h4-7,9,11-13H,3,8H2,1-2H3. The SMILES string of the molecule is C=C(CC(C)C)C(O)C1C=CC=CO1. The van der Waals surface area contributed by atoms with E-state index in [1.165, 1.54) is 0 Å². The van der Waals surface area contributed by atoms with E-state index in [-0.39, 0.29) is 6.10 Å². The highest BCUT2D eigenvalue weighted by molar-refractivity contribution is 5.15. The van der Waals surface area contributed by atoms with Crippen LogP contribution in [-0.2, 0) is 4.74 Å². The zero-order valence-corrected chi connectivity index (χ0v) is 8.81. The van der Waals surface area contributed by atoms with Gasteiger partial charge in [0.05, 0.1) is 6.26 Å². The summed E-state index contributed by atoms with van der Waals surface area (Å²) in [4.78, 5) is 0. The van der Waals surface area contributed by atoms with Crippen LogP contribution in [0.4, 0.5) is 0 Å². The van der Waals surface area contributed by atoms with Crippen molar-refractivity contribution in [3.63, 3.8) is 0 Å². The third-order valence-corrected chi connectivity index (χ3v) is 2.13. The van der Waals surface area contributed by atoms with Gasteiger partial charge >= 0.3 is 0 Å². The van der Waals surface area contributed by atoms with E-state index >= 15 is 0 Å². The fourth-order valence-corrected chi connectivity index (χ4v) is 1.46. The second kappa shape index (κ2) is 5.01. The molecule has 14 heavy (non-hydrogen) atoms. The van der Waals surface area contributed by atoms with Crippen molar-refractivity contribution in [2.24, 2.45) is 5.92 Å². The van der Waals surface area contributed by atoms with Gasteiger partial charge in [0.15, 0.2) is 0 Å². The molecular formula is C12H18O2. The minimum Gasteiger partial charge on any atom is -0.491 e. The van der Waals surface area contributed by atoms with Crippen LogP contribution in [-0.4, -0.2) is 17.3 Å². The second-order valence-electron chi connectivity index (χ2n) is 4.02. The van der Waals surface area contributed by atoms with Crippen molar-refractivity contribution < 1.29 is 9.84 Å². The van der Waals surface area contributed by atoms with Crippen molar-refractivity contribution in [3.05, 3.63) is 36.6 Å². The van der Waals surface area contributed by atoms with Gasteiger partial charge in [-0.15, -0.1) is 0 Å². The first-order valence-corrected chi connectivity index (χ1v) is 4.96. The van der Waals surface area contributed by atoms with Crippen LogP contribution in [0.2, 0.25) is 0 Å². The predicted molar refractivity (Wildman–Crippen MR) is 57.8 cm³/mol. The van der Waals surface area contributed by atoms with E-state index in [9.17, 15) is 5.11 Å². The van der Waals surface area contributed by atoms with Crippen molar-refractivity contribution in [2.45, 2.75) is 32.5 Å². The molecule has 1 aliphatic rings. The molecule has 2 unspecified atom stereocenters. The Balaban J connectivity index is 2.47. The van der Waals surface area contributed by atoms with Gasteiger partial charge in [0, 0.05) is 0 Å². The molecule has 2 atom stereocenters. The summed E-state index contributed by atoms with van der Waals surface area (Å²) in [6.45, 7) is 8.10. The Bertz CT molecular complexity index is 251. The summed E-state index contributed by atoms with van der Waals surface area (Å²) in [5, 5.41) is 9.88. The van der Waals surface area contributed by atoms with Crippen LogP contribution >= 0.6 is 0 Å². The Kier molecular flexibility index (Phi) is 3.96. The molecule has 0 aromatic carbocycles. The van der Waals surface area contributed by atoms with Crippen molar-refractivity contribution >= 4 is 0 Å². The maximum absolute atomic E-state index is 9.88. The van der Waals surface area contributed by atoms with Crippen LogP contribution in [0.15, 0.2) is 36.6 Å². The number of hydrogen-bond acceptors (Lipinski definition) is 2. The van der Waals surface area contributed by atoms with Gasteiger partial charge in [-0.05, 0) is 30.1 Å². The molecule has 1 rings (SSSR count). The van der Waals surface area contributed by atoms with Crippen molar-refractivity contribution in [1.82, 2.24) is 0 Å². The summed E-state index contributed by atoms with van der Waals surface area (Å²) >= 11 is 0. The summed E-state index contributed by atoms with van der Waals surface area (Å²) in [6, 6.07) is 0. The molecule has 0 aromatic heterocycles. The van der Waals surface area contributed by atoms with E-state index in [2.05, 4.69) is 20.4 Å². The Morgan fingerprint density at radius 2 is 2.21 bits per heavy atom. The van der Waals surface area contributed by atoms with Crippen LogP contribution in [0.5, 0.6) is 0 Å². The molecule has 78 valence electrons. The zero-order chi connectivity index (χ0) is 10.6. The molecule has 1 heterocycles. The smallest absolute Gasteiger partial charge is 0.146 e. The highest BCUT2D eigenvalue weighted by Gasteiger charge is 2.21. The molecule has 1 N–H and O–H groups in total. The maximum Gasteiger partial charge on any atom is 0.146 e. The van der Waals surface area contributed by atoms with Gasteiger partial charge in [-0.2, -0.15) is 0 Å². The monoisotopic (exact) mass is 194 g/mol. The molecule has 0 spiro atoms. The number of rotatable bonds is 4. The summed E-state index contributed by atoms with van der Waals surface area (Å²) < 4.78 is 5.26. The van der Waals surface area contributed by atoms with E-state index in [1.807, 2.05) is 12.2 Å². The molecule has 0 aromatic rings. The number of aliphatic hydroxyl groups is 1. The van der Waals surface area contributed by atoms with Gasteiger partial charge in [-0.25, -0.2) is 0 Å². The lowest BCUT2D eigenvalue weighted by Crippen LogP contribution is -2.28. The summed E-state index contributed by atoms with van der Waals surface area (Å²) in [7, 11) is 0. The van der Waals surface area contributed by atoms with E-state index in [0.29, 0.717) is 5.92 Å². The van der Waals surface area contributed by atoms with Gasteiger partial charge in [0.2, 0.25) is 0 Å². The normalized spacial score (nSPS) is 22.1. The molecule has 0 saturated heterocycles. The Hall–Kier alpha value is -1.02. The third kappa shape index (κ3) is 3.04. The average molecular weight is 194 g/mol. The van der Waals surface area contributed by atoms with E-state index in [0.717, 1.165) is 12.0 Å². The first-order valence-electron chi connectivity index (χ1n) is 4.96. The highest BCUT2D eigenvalue weighted by atomic mass is 16.5. The van der Waals surface area contributed by atoms with Gasteiger partial charge in [0.1, 0.15) is 12.2 Å².